The molecule has 0 radical (unpaired) electrons. The van der Waals surface area contributed by atoms with Crippen LogP contribution in [0.1, 0.15) is 15.9 Å². The molecule has 1 aromatic carbocycles. The summed E-state index contributed by atoms with van der Waals surface area (Å²) in [6, 6.07) is 6.33. The fraction of sp³-hybridized carbons (Fsp3) is 0.389. The van der Waals surface area contributed by atoms with Crippen molar-refractivity contribution in [2.75, 3.05) is 19.6 Å². The number of amides is 2. The van der Waals surface area contributed by atoms with Crippen molar-refractivity contribution in [3.8, 4) is 0 Å². The van der Waals surface area contributed by atoms with Gasteiger partial charge in [0.05, 0.1) is 17.7 Å². The number of aromatic nitrogens is 2. The lowest BCUT2D eigenvalue weighted by Gasteiger charge is -2.21. The lowest BCUT2D eigenvalue weighted by atomic mass is 10.0. The first-order valence-electron chi connectivity index (χ1n) is 8.32. The average molecular weight is 342 g/mol. The fourth-order valence-electron chi connectivity index (χ4n) is 3.82. The van der Waals surface area contributed by atoms with Gasteiger partial charge in [-0.1, -0.05) is 12.1 Å². The maximum absolute atomic E-state index is 13.3. The van der Waals surface area contributed by atoms with Gasteiger partial charge < -0.3 is 9.80 Å². The summed E-state index contributed by atoms with van der Waals surface area (Å²) >= 11 is 0. The summed E-state index contributed by atoms with van der Waals surface area (Å²) in [6.45, 7) is 2.04. The fourth-order valence-corrected chi connectivity index (χ4v) is 3.82. The van der Waals surface area contributed by atoms with E-state index in [4.69, 9.17) is 0 Å². The molecule has 6 nitrogen and oxygen atoms in total. The molecular formula is C18H19FN4O2. The van der Waals surface area contributed by atoms with E-state index in [1.165, 1.54) is 12.1 Å². The Morgan fingerprint density at radius 1 is 1.32 bits per heavy atom. The summed E-state index contributed by atoms with van der Waals surface area (Å²) in [4.78, 5) is 28.7. The molecular weight excluding hydrogens is 323 g/mol. The van der Waals surface area contributed by atoms with E-state index >= 15 is 0 Å². The van der Waals surface area contributed by atoms with Gasteiger partial charge in [0.15, 0.2) is 0 Å². The van der Waals surface area contributed by atoms with Gasteiger partial charge in [0.2, 0.25) is 5.91 Å². The molecule has 2 amide bonds. The summed E-state index contributed by atoms with van der Waals surface area (Å²) in [5, 5.41) is 4.03. The maximum atomic E-state index is 13.3. The molecule has 2 atom stereocenters. The second-order valence-electron chi connectivity index (χ2n) is 6.83. The van der Waals surface area contributed by atoms with Gasteiger partial charge in [-0.2, -0.15) is 5.10 Å². The van der Waals surface area contributed by atoms with Gasteiger partial charge in [-0.05, 0) is 17.7 Å². The van der Waals surface area contributed by atoms with E-state index in [-0.39, 0.29) is 29.5 Å². The third-order valence-electron chi connectivity index (χ3n) is 5.03. The zero-order chi connectivity index (χ0) is 17.6. The predicted molar refractivity (Wildman–Crippen MR) is 87.9 cm³/mol. The number of carbonyl (C=O) groups is 2. The van der Waals surface area contributed by atoms with Crippen LogP contribution < -0.4 is 0 Å². The first-order valence-corrected chi connectivity index (χ1v) is 8.32. The lowest BCUT2D eigenvalue weighted by Crippen LogP contribution is -2.35. The standard InChI is InChI=1S/C18H19FN4O2/c1-21-8-13(6-20-21)17(24)23-10-14-9-22(18(25)16(14)11-23)7-12-3-2-4-15(19)5-12/h2-6,8,14,16H,7,9-11H2,1H3/t14-,16+/m0/s1. The molecule has 0 spiro atoms. The molecule has 1 aromatic heterocycles. The number of nitrogens with zero attached hydrogens (tertiary/aromatic N) is 4. The van der Waals surface area contributed by atoms with E-state index in [0.29, 0.717) is 31.7 Å². The van der Waals surface area contributed by atoms with Crippen LogP contribution in [-0.2, 0) is 18.4 Å². The van der Waals surface area contributed by atoms with Crippen LogP contribution in [0.3, 0.4) is 0 Å². The van der Waals surface area contributed by atoms with Crippen LogP contribution in [0, 0.1) is 17.7 Å². The lowest BCUT2D eigenvalue weighted by molar-refractivity contribution is -0.131. The van der Waals surface area contributed by atoms with Crippen molar-refractivity contribution in [2.45, 2.75) is 6.54 Å². The van der Waals surface area contributed by atoms with Crippen LogP contribution in [0.2, 0.25) is 0 Å². The number of carbonyl (C=O) groups excluding carboxylic acids is 2. The third kappa shape index (κ3) is 2.90. The van der Waals surface area contributed by atoms with Crippen LogP contribution in [-0.4, -0.2) is 51.0 Å². The first kappa shape index (κ1) is 15.8. The van der Waals surface area contributed by atoms with E-state index in [1.54, 1.807) is 40.0 Å². The monoisotopic (exact) mass is 342 g/mol. The Labute approximate surface area is 144 Å². The Kier molecular flexibility index (Phi) is 3.78. The second-order valence-corrected chi connectivity index (χ2v) is 6.83. The van der Waals surface area contributed by atoms with Crippen molar-refractivity contribution >= 4 is 11.8 Å². The number of aryl methyl sites for hydroxylation is 1. The van der Waals surface area contributed by atoms with E-state index < -0.39 is 0 Å². The molecule has 25 heavy (non-hydrogen) atoms. The van der Waals surface area contributed by atoms with Crippen LogP contribution >= 0.6 is 0 Å². The van der Waals surface area contributed by atoms with Crippen molar-refractivity contribution in [3.63, 3.8) is 0 Å². The second kappa shape index (κ2) is 5.98. The number of hydrogen-bond acceptors (Lipinski definition) is 3. The molecule has 3 heterocycles. The molecule has 0 bridgehead atoms. The number of hydrogen-bond donors (Lipinski definition) is 0. The molecule has 4 rings (SSSR count). The minimum atomic E-state index is -0.294. The maximum Gasteiger partial charge on any atom is 0.257 e. The van der Waals surface area contributed by atoms with E-state index in [0.717, 1.165) is 5.56 Å². The Hall–Kier alpha value is -2.70. The van der Waals surface area contributed by atoms with Gasteiger partial charge in [0.25, 0.3) is 5.91 Å². The first-order chi connectivity index (χ1) is 12.0. The van der Waals surface area contributed by atoms with Gasteiger partial charge in [-0.15, -0.1) is 0 Å². The summed E-state index contributed by atoms with van der Waals surface area (Å²) in [6.07, 6.45) is 3.24. The number of likely N-dealkylation sites (tertiary alicyclic amines) is 2. The molecule has 0 saturated carbocycles. The SMILES string of the molecule is Cn1cc(C(=O)N2C[C@@H]3CN(Cc4cccc(F)c4)C(=O)[C@@H]3C2)cn1. The van der Waals surface area contributed by atoms with Crippen molar-refractivity contribution in [2.24, 2.45) is 18.9 Å². The molecule has 2 aliphatic heterocycles. The van der Waals surface area contributed by atoms with Gasteiger partial charge in [0.1, 0.15) is 5.82 Å². The molecule has 2 aromatic rings. The molecule has 2 aliphatic rings. The third-order valence-corrected chi connectivity index (χ3v) is 5.03. The highest BCUT2D eigenvalue weighted by atomic mass is 19.1. The Bertz CT molecular complexity index is 834. The molecule has 7 heteroatoms. The number of fused-ring (bicyclic) bond motifs is 1. The van der Waals surface area contributed by atoms with Crippen LogP contribution in [0.4, 0.5) is 4.39 Å². The van der Waals surface area contributed by atoms with Crippen molar-refractivity contribution < 1.29 is 14.0 Å². The zero-order valence-electron chi connectivity index (χ0n) is 13.9. The topological polar surface area (TPSA) is 58.4 Å². The smallest absolute Gasteiger partial charge is 0.257 e. The highest BCUT2D eigenvalue weighted by molar-refractivity contribution is 5.95. The van der Waals surface area contributed by atoms with Crippen molar-refractivity contribution in [1.82, 2.24) is 19.6 Å². The summed E-state index contributed by atoms with van der Waals surface area (Å²) in [7, 11) is 1.77. The molecule has 0 unspecified atom stereocenters. The van der Waals surface area contributed by atoms with Gasteiger partial charge in [0, 0.05) is 45.3 Å². The number of benzene rings is 1. The molecule has 2 saturated heterocycles. The van der Waals surface area contributed by atoms with Crippen molar-refractivity contribution in [1.29, 1.82) is 0 Å². The Morgan fingerprint density at radius 2 is 2.16 bits per heavy atom. The van der Waals surface area contributed by atoms with Gasteiger partial charge in [-0.3, -0.25) is 14.3 Å². The van der Waals surface area contributed by atoms with Crippen LogP contribution in [0.5, 0.6) is 0 Å². The minimum absolute atomic E-state index is 0.0516. The number of halogens is 1. The van der Waals surface area contributed by atoms with Crippen LogP contribution in [0.15, 0.2) is 36.7 Å². The molecule has 130 valence electrons. The van der Waals surface area contributed by atoms with E-state index in [2.05, 4.69) is 5.10 Å². The predicted octanol–water partition coefficient (Wildman–Crippen LogP) is 1.29. The quantitative estimate of drug-likeness (QED) is 0.845. The number of rotatable bonds is 3. The van der Waals surface area contributed by atoms with E-state index in [1.807, 2.05) is 6.07 Å². The Balaban J connectivity index is 1.42. The summed E-state index contributed by atoms with van der Waals surface area (Å²) in [5.74, 6) is -0.337. The van der Waals surface area contributed by atoms with Crippen LogP contribution in [0.25, 0.3) is 0 Å². The highest BCUT2D eigenvalue weighted by Crippen LogP contribution is 2.33. The van der Waals surface area contributed by atoms with Gasteiger partial charge in [-0.25, -0.2) is 4.39 Å². The Morgan fingerprint density at radius 3 is 2.84 bits per heavy atom. The summed E-state index contributed by atoms with van der Waals surface area (Å²) in [5.41, 5.74) is 1.34. The summed E-state index contributed by atoms with van der Waals surface area (Å²) < 4.78 is 14.9. The average Bonchev–Trinajstić information content (AvgIpc) is 3.25. The largest absolute Gasteiger partial charge is 0.338 e. The molecule has 2 fully saturated rings. The van der Waals surface area contributed by atoms with Gasteiger partial charge >= 0.3 is 0 Å². The minimum Gasteiger partial charge on any atom is -0.338 e. The van der Waals surface area contributed by atoms with Crippen molar-refractivity contribution in [3.05, 3.63) is 53.6 Å². The van der Waals surface area contributed by atoms with E-state index in [9.17, 15) is 14.0 Å². The molecule has 0 N–H and O–H groups in total. The molecule has 0 aliphatic carbocycles. The highest BCUT2D eigenvalue weighted by Gasteiger charge is 2.47. The normalized spacial score (nSPS) is 22.6. The zero-order valence-corrected chi connectivity index (χ0v) is 13.9.